The third kappa shape index (κ3) is 3.63. The van der Waals surface area contributed by atoms with Gasteiger partial charge in [0, 0.05) is 32.1 Å². The molecule has 3 aromatic rings. The number of rotatable bonds is 4. The van der Waals surface area contributed by atoms with Crippen molar-refractivity contribution in [1.29, 1.82) is 0 Å². The molecular formula is C22H22F2N4O2. The molecule has 0 aliphatic carbocycles. The van der Waals surface area contributed by atoms with Gasteiger partial charge in [-0.1, -0.05) is 17.3 Å². The molecule has 0 spiro atoms. The summed E-state index contributed by atoms with van der Waals surface area (Å²) in [5, 5.41) is 4.23. The first-order valence-corrected chi connectivity index (χ1v) is 10.2. The summed E-state index contributed by atoms with van der Waals surface area (Å²) in [7, 11) is 0. The van der Waals surface area contributed by atoms with Crippen LogP contribution in [0.5, 0.6) is 0 Å². The predicted molar refractivity (Wildman–Crippen MR) is 110 cm³/mol. The summed E-state index contributed by atoms with van der Waals surface area (Å²) in [6.45, 7) is 2.40. The average molecular weight is 412 g/mol. The van der Waals surface area contributed by atoms with Crippen LogP contribution in [0.25, 0.3) is 11.0 Å². The maximum absolute atomic E-state index is 13.4. The second-order valence-electron chi connectivity index (χ2n) is 7.98. The summed E-state index contributed by atoms with van der Waals surface area (Å²) in [4.78, 5) is 23.0. The molecule has 3 heterocycles. The molecule has 2 aliphatic heterocycles. The van der Waals surface area contributed by atoms with E-state index in [0.29, 0.717) is 11.9 Å². The minimum absolute atomic E-state index is 0.0849. The Labute approximate surface area is 171 Å². The Hall–Kier alpha value is -3.00. The molecule has 1 unspecified atom stereocenters. The zero-order chi connectivity index (χ0) is 20.7. The second kappa shape index (κ2) is 7.68. The van der Waals surface area contributed by atoms with Crippen LogP contribution in [0.15, 0.2) is 52.4 Å². The number of nitrogens with one attached hydrogen (secondary N) is 1. The summed E-state index contributed by atoms with van der Waals surface area (Å²) in [6.07, 6.45) is 2.20. The summed E-state index contributed by atoms with van der Waals surface area (Å²) in [6, 6.07) is 10.8. The van der Waals surface area contributed by atoms with Gasteiger partial charge in [-0.25, -0.2) is 13.6 Å². The fraction of sp³-hybridized carbons (Fsp3) is 0.364. The van der Waals surface area contributed by atoms with E-state index in [1.807, 2.05) is 0 Å². The fourth-order valence-electron chi connectivity index (χ4n) is 4.44. The van der Waals surface area contributed by atoms with Gasteiger partial charge >= 0.3 is 5.69 Å². The highest BCUT2D eigenvalue weighted by Crippen LogP contribution is 2.29. The van der Waals surface area contributed by atoms with Gasteiger partial charge in [0.2, 0.25) is 0 Å². The smallest absolute Gasteiger partial charge is 0.326 e. The number of halogens is 2. The van der Waals surface area contributed by atoms with Crippen molar-refractivity contribution < 1.29 is 13.6 Å². The second-order valence-corrected chi connectivity index (χ2v) is 7.98. The average Bonchev–Trinajstić information content (AvgIpc) is 3.32. The number of nitrogens with zero attached hydrogens (tertiary/aromatic N) is 3. The molecule has 2 aromatic carbocycles. The first-order valence-electron chi connectivity index (χ1n) is 10.2. The summed E-state index contributed by atoms with van der Waals surface area (Å²) >= 11 is 0. The lowest BCUT2D eigenvalue weighted by Crippen LogP contribution is -2.39. The van der Waals surface area contributed by atoms with Crippen molar-refractivity contribution in [3.8, 4) is 0 Å². The van der Waals surface area contributed by atoms with Crippen LogP contribution in [-0.4, -0.2) is 39.8 Å². The van der Waals surface area contributed by atoms with Gasteiger partial charge < -0.3 is 9.82 Å². The Morgan fingerprint density at radius 2 is 1.80 bits per heavy atom. The van der Waals surface area contributed by atoms with Gasteiger partial charge in [0.05, 0.1) is 16.7 Å². The number of aromatic amines is 1. The molecule has 2 aliphatic rings. The topological polar surface area (TPSA) is 62.6 Å². The number of oxime groups is 1. The van der Waals surface area contributed by atoms with Gasteiger partial charge in [-0.05, 0) is 48.7 Å². The van der Waals surface area contributed by atoms with E-state index in [1.165, 1.54) is 24.3 Å². The molecule has 1 saturated heterocycles. The van der Waals surface area contributed by atoms with Gasteiger partial charge in [0.25, 0.3) is 0 Å². The molecule has 1 N–H and O–H groups in total. The number of imidazole rings is 1. The Kier molecular flexibility index (Phi) is 4.86. The van der Waals surface area contributed by atoms with Crippen LogP contribution < -0.4 is 5.69 Å². The molecule has 0 saturated carbocycles. The first kappa shape index (κ1) is 19.0. The van der Waals surface area contributed by atoms with E-state index in [-0.39, 0.29) is 29.5 Å². The van der Waals surface area contributed by atoms with Crippen molar-refractivity contribution in [1.82, 2.24) is 14.5 Å². The van der Waals surface area contributed by atoms with Crippen LogP contribution in [0.1, 0.15) is 37.0 Å². The predicted octanol–water partition coefficient (Wildman–Crippen LogP) is 3.76. The summed E-state index contributed by atoms with van der Waals surface area (Å²) in [5.41, 5.74) is 2.98. The zero-order valence-corrected chi connectivity index (χ0v) is 16.4. The van der Waals surface area contributed by atoms with Crippen molar-refractivity contribution >= 4 is 16.7 Å². The molecule has 0 radical (unpaired) electrons. The lowest BCUT2D eigenvalue weighted by molar-refractivity contribution is 0.0856. The molecule has 5 rings (SSSR count). The van der Waals surface area contributed by atoms with Crippen molar-refractivity contribution in [2.75, 3.05) is 19.6 Å². The number of hydrogen-bond donors (Lipinski definition) is 1. The molecule has 30 heavy (non-hydrogen) atoms. The highest BCUT2D eigenvalue weighted by Gasteiger charge is 2.28. The molecule has 6 nitrogen and oxygen atoms in total. The fourth-order valence-corrected chi connectivity index (χ4v) is 4.44. The minimum atomic E-state index is -0.357. The van der Waals surface area contributed by atoms with Crippen LogP contribution >= 0.6 is 0 Å². The molecule has 1 atom stereocenters. The van der Waals surface area contributed by atoms with E-state index < -0.39 is 0 Å². The van der Waals surface area contributed by atoms with Gasteiger partial charge in [0.15, 0.2) is 6.10 Å². The molecular weight excluding hydrogens is 390 g/mol. The van der Waals surface area contributed by atoms with E-state index in [9.17, 15) is 13.6 Å². The monoisotopic (exact) mass is 412 g/mol. The Bertz CT molecular complexity index is 1140. The summed E-state index contributed by atoms with van der Waals surface area (Å²) < 4.78 is 28.3. The first-order chi connectivity index (χ1) is 14.6. The normalized spacial score (nSPS) is 20.5. The molecule has 8 heteroatoms. The van der Waals surface area contributed by atoms with Crippen molar-refractivity contribution in [3.05, 3.63) is 70.1 Å². The number of benzene rings is 2. The third-order valence-electron chi connectivity index (χ3n) is 5.98. The van der Waals surface area contributed by atoms with E-state index in [4.69, 9.17) is 4.84 Å². The maximum atomic E-state index is 13.4. The third-order valence-corrected chi connectivity index (χ3v) is 5.98. The standard InChI is InChI=1S/C22H22F2N4O2/c23-15-3-1-14(2-4-15)21-12-17(26-30-21)13-27-9-7-18(8-10-27)28-20-6-5-16(24)11-19(20)25-22(28)29/h1-6,11,18,21H,7-10,12-13H2,(H,25,29). The highest BCUT2D eigenvalue weighted by molar-refractivity contribution is 5.87. The number of piperidine rings is 1. The Morgan fingerprint density at radius 1 is 1.07 bits per heavy atom. The van der Waals surface area contributed by atoms with E-state index >= 15 is 0 Å². The lowest BCUT2D eigenvalue weighted by Gasteiger charge is -2.32. The minimum Gasteiger partial charge on any atom is -0.387 e. The maximum Gasteiger partial charge on any atom is 0.326 e. The molecule has 156 valence electrons. The van der Waals surface area contributed by atoms with Crippen molar-refractivity contribution in [2.24, 2.45) is 5.16 Å². The molecule has 1 aromatic heterocycles. The van der Waals surface area contributed by atoms with Crippen LogP contribution in [-0.2, 0) is 4.84 Å². The van der Waals surface area contributed by atoms with E-state index in [2.05, 4.69) is 15.0 Å². The summed E-state index contributed by atoms with van der Waals surface area (Å²) in [5.74, 6) is -0.621. The number of fused-ring (bicyclic) bond motifs is 1. The number of H-pyrrole nitrogens is 1. The highest BCUT2D eigenvalue weighted by atomic mass is 19.1. The van der Waals surface area contributed by atoms with Crippen molar-refractivity contribution in [3.63, 3.8) is 0 Å². The SMILES string of the molecule is O=c1[nH]c2cc(F)ccc2n1C1CCN(CC2=NOC(c3ccc(F)cc3)C2)CC1. The van der Waals surface area contributed by atoms with E-state index in [0.717, 1.165) is 49.3 Å². The Balaban J connectivity index is 1.20. The zero-order valence-electron chi connectivity index (χ0n) is 16.4. The van der Waals surface area contributed by atoms with Crippen LogP contribution in [0.4, 0.5) is 8.78 Å². The molecule has 0 bridgehead atoms. The quantitative estimate of drug-likeness (QED) is 0.710. The van der Waals surface area contributed by atoms with Crippen LogP contribution in [0.3, 0.4) is 0 Å². The number of likely N-dealkylation sites (tertiary alicyclic amines) is 1. The molecule has 1 fully saturated rings. The van der Waals surface area contributed by atoms with Gasteiger partial charge in [0.1, 0.15) is 11.6 Å². The van der Waals surface area contributed by atoms with Crippen molar-refractivity contribution in [2.45, 2.75) is 31.4 Å². The van der Waals surface area contributed by atoms with Gasteiger partial charge in [-0.2, -0.15) is 0 Å². The van der Waals surface area contributed by atoms with Crippen LogP contribution in [0.2, 0.25) is 0 Å². The number of hydrogen-bond acceptors (Lipinski definition) is 4. The largest absolute Gasteiger partial charge is 0.387 e. The van der Waals surface area contributed by atoms with Gasteiger partial charge in [-0.3, -0.25) is 9.47 Å². The van der Waals surface area contributed by atoms with Crippen LogP contribution in [0, 0.1) is 11.6 Å². The Morgan fingerprint density at radius 3 is 2.57 bits per heavy atom. The number of aromatic nitrogens is 2. The van der Waals surface area contributed by atoms with E-state index in [1.54, 1.807) is 22.8 Å². The molecule has 0 amide bonds. The lowest BCUT2D eigenvalue weighted by atomic mass is 10.0. The van der Waals surface area contributed by atoms with Gasteiger partial charge in [-0.15, -0.1) is 0 Å².